The van der Waals surface area contributed by atoms with E-state index in [2.05, 4.69) is 45.6 Å². The molecular formula is C25H26N6O2S. The Morgan fingerprint density at radius 1 is 1.06 bits per heavy atom. The van der Waals surface area contributed by atoms with Crippen molar-refractivity contribution in [1.82, 2.24) is 20.1 Å². The summed E-state index contributed by atoms with van der Waals surface area (Å²) in [7, 11) is 0. The van der Waals surface area contributed by atoms with Crippen LogP contribution in [0.15, 0.2) is 40.9 Å². The number of benzene rings is 1. The van der Waals surface area contributed by atoms with Crippen LogP contribution >= 0.6 is 11.3 Å². The third kappa shape index (κ3) is 4.59. The second-order valence-corrected chi connectivity index (χ2v) is 9.84. The molecule has 0 spiro atoms. The molecule has 3 aromatic heterocycles. The van der Waals surface area contributed by atoms with E-state index in [0.717, 1.165) is 53.4 Å². The molecule has 0 N–H and O–H groups in total. The molecule has 0 saturated carbocycles. The van der Waals surface area contributed by atoms with Gasteiger partial charge in [0.05, 0.1) is 12.3 Å². The maximum atomic E-state index is 7.10. The van der Waals surface area contributed by atoms with Gasteiger partial charge in [-0.1, -0.05) is 54.6 Å². The number of hydrogen-bond acceptors (Lipinski definition) is 8. The van der Waals surface area contributed by atoms with Crippen LogP contribution in [0.5, 0.6) is 5.19 Å². The summed E-state index contributed by atoms with van der Waals surface area (Å²) in [5, 5.41) is 4.73. The predicted molar refractivity (Wildman–Crippen MR) is 133 cm³/mol. The van der Waals surface area contributed by atoms with Gasteiger partial charge in [0.2, 0.25) is 0 Å². The minimum atomic E-state index is 0.0530. The van der Waals surface area contributed by atoms with Crippen LogP contribution < -0.4 is 9.64 Å². The van der Waals surface area contributed by atoms with E-state index in [1.165, 1.54) is 11.3 Å². The molecule has 0 amide bonds. The summed E-state index contributed by atoms with van der Waals surface area (Å²) in [4.78, 5) is 20.4. The van der Waals surface area contributed by atoms with Crippen LogP contribution in [0.4, 0.5) is 11.7 Å². The maximum absolute atomic E-state index is 7.10. The number of rotatable bonds is 6. The molecule has 4 heterocycles. The fourth-order valence-corrected chi connectivity index (χ4v) is 4.99. The molecule has 9 heteroatoms. The van der Waals surface area contributed by atoms with Gasteiger partial charge in [0, 0.05) is 19.0 Å². The van der Waals surface area contributed by atoms with Gasteiger partial charge in [0.1, 0.15) is 16.5 Å². The quantitative estimate of drug-likeness (QED) is 0.312. The minimum Gasteiger partial charge on any atom is -0.467 e. The van der Waals surface area contributed by atoms with Crippen molar-refractivity contribution in [3.8, 4) is 16.5 Å². The monoisotopic (exact) mass is 474 g/mol. The zero-order valence-electron chi connectivity index (χ0n) is 19.4. The van der Waals surface area contributed by atoms with E-state index in [-0.39, 0.29) is 12.0 Å². The molecule has 4 aromatic rings. The molecule has 0 aliphatic carbocycles. The molecule has 1 fully saturated rings. The fraction of sp³-hybridized carbons (Fsp3) is 0.400. The van der Waals surface area contributed by atoms with E-state index in [1.807, 2.05) is 36.4 Å². The molecular weight excluding hydrogens is 448 g/mol. The van der Waals surface area contributed by atoms with Gasteiger partial charge >= 0.3 is 6.01 Å². The topological polar surface area (TPSA) is 81.5 Å². The summed E-state index contributed by atoms with van der Waals surface area (Å²) < 4.78 is 11.7. The summed E-state index contributed by atoms with van der Waals surface area (Å²) in [5.74, 6) is 1.44. The standard InChI is InChI=1S/C25H26N6O2S/c1-15(2)22-29-24(33-30-22)31-13-11-17(12-14-31)16(3)32-25-28-21-10-9-20(27-23(21)34-25)18-5-7-19(26-4)8-6-18/h5-10,15-17H,11-14H2,1-3H3. The van der Waals surface area contributed by atoms with E-state index < -0.39 is 0 Å². The average molecular weight is 475 g/mol. The summed E-state index contributed by atoms with van der Waals surface area (Å²) in [6, 6.07) is 12.0. The summed E-state index contributed by atoms with van der Waals surface area (Å²) in [6.45, 7) is 15.1. The lowest BCUT2D eigenvalue weighted by Crippen LogP contribution is -2.38. The molecule has 174 valence electrons. The molecule has 8 nitrogen and oxygen atoms in total. The summed E-state index contributed by atoms with van der Waals surface area (Å²) in [5.41, 5.74) is 3.30. The Morgan fingerprint density at radius 2 is 1.82 bits per heavy atom. The highest BCUT2D eigenvalue weighted by Crippen LogP contribution is 2.32. The Kier molecular flexibility index (Phi) is 6.16. The first kappa shape index (κ1) is 22.3. The zero-order valence-corrected chi connectivity index (χ0v) is 20.2. The Morgan fingerprint density at radius 3 is 2.50 bits per heavy atom. The minimum absolute atomic E-state index is 0.0530. The van der Waals surface area contributed by atoms with Crippen LogP contribution in [0.25, 0.3) is 26.4 Å². The van der Waals surface area contributed by atoms with Crippen molar-refractivity contribution in [2.24, 2.45) is 5.92 Å². The van der Waals surface area contributed by atoms with Crippen molar-refractivity contribution < 1.29 is 9.26 Å². The zero-order chi connectivity index (χ0) is 23.7. The average Bonchev–Trinajstić information content (AvgIpc) is 3.51. The first-order chi connectivity index (χ1) is 16.5. The van der Waals surface area contributed by atoms with E-state index >= 15 is 0 Å². The first-order valence-electron chi connectivity index (χ1n) is 11.5. The molecule has 1 aliphatic rings. The van der Waals surface area contributed by atoms with Crippen molar-refractivity contribution >= 4 is 33.4 Å². The number of nitrogens with zero attached hydrogens (tertiary/aromatic N) is 6. The van der Waals surface area contributed by atoms with Crippen molar-refractivity contribution in [2.75, 3.05) is 18.0 Å². The molecule has 1 saturated heterocycles. The number of aromatic nitrogens is 4. The van der Waals surface area contributed by atoms with Crippen LogP contribution in [0.3, 0.4) is 0 Å². The molecule has 0 bridgehead atoms. The van der Waals surface area contributed by atoms with Crippen molar-refractivity contribution in [1.29, 1.82) is 0 Å². The lowest BCUT2D eigenvalue weighted by atomic mass is 9.92. The van der Waals surface area contributed by atoms with Gasteiger partial charge in [-0.3, -0.25) is 0 Å². The van der Waals surface area contributed by atoms with Gasteiger partial charge < -0.3 is 14.2 Å². The smallest absolute Gasteiger partial charge is 0.324 e. The lowest BCUT2D eigenvalue weighted by molar-refractivity contribution is 0.131. The number of thiazole rings is 1. The third-order valence-electron chi connectivity index (χ3n) is 6.24. The van der Waals surface area contributed by atoms with Gasteiger partial charge in [-0.05, 0) is 43.4 Å². The van der Waals surface area contributed by atoms with Crippen LogP contribution in [0.1, 0.15) is 45.4 Å². The molecule has 0 radical (unpaired) electrons. The van der Waals surface area contributed by atoms with E-state index in [4.69, 9.17) is 20.8 Å². The van der Waals surface area contributed by atoms with E-state index in [1.54, 1.807) is 0 Å². The van der Waals surface area contributed by atoms with Crippen molar-refractivity contribution in [2.45, 2.75) is 45.6 Å². The first-order valence-corrected chi connectivity index (χ1v) is 12.3. The Balaban J connectivity index is 1.22. The van der Waals surface area contributed by atoms with Gasteiger partial charge in [-0.15, -0.1) is 0 Å². The number of anilines is 1. The second kappa shape index (κ2) is 9.39. The van der Waals surface area contributed by atoms with Gasteiger partial charge in [-0.2, -0.15) is 4.98 Å². The van der Waals surface area contributed by atoms with Crippen LogP contribution in [0, 0.1) is 12.5 Å². The fourth-order valence-electron chi connectivity index (χ4n) is 4.12. The maximum Gasteiger partial charge on any atom is 0.324 e. The highest BCUT2D eigenvalue weighted by atomic mass is 32.1. The number of piperidine rings is 1. The van der Waals surface area contributed by atoms with Crippen LogP contribution in [-0.2, 0) is 0 Å². The Bertz CT molecular complexity index is 1320. The molecule has 5 rings (SSSR count). The van der Waals surface area contributed by atoms with Crippen molar-refractivity contribution in [3.05, 3.63) is 53.6 Å². The van der Waals surface area contributed by atoms with Crippen molar-refractivity contribution in [3.63, 3.8) is 0 Å². The van der Waals surface area contributed by atoms with Gasteiger partial charge in [0.25, 0.3) is 5.19 Å². The predicted octanol–water partition coefficient (Wildman–Crippen LogP) is 6.10. The number of fused-ring (bicyclic) bond motifs is 1. The number of hydrogen-bond donors (Lipinski definition) is 0. The van der Waals surface area contributed by atoms with Gasteiger partial charge in [0.15, 0.2) is 11.5 Å². The van der Waals surface area contributed by atoms with Crippen LogP contribution in [0.2, 0.25) is 0 Å². The van der Waals surface area contributed by atoms with Gasteiger partial charge in [-0.25, -0.2) is 14.8 Å². The van der Waals surface area contributed by atoms with E-state index in [0.29, 0.717) is 22.8 Å². The summed E-state index contributed by atoms with van der Waals surface area (Å²) >= 11 is 1.47. The number of pyridine rings is 1. The largest absolute Gasteiger partial charge is 0.467 e. The Labute approximate surface area is 202 Å². The van der Waals surface area contributed by atoms with Crippen LogP contribution in [-0.4, -0.2) is 39.3 Å². The SMILES string of the molecule is [C-]#[N+]c1ccc(-c2ccc3nc(OC(C)C4CCN(c5nc(C(C)C)no5)CC4)sc3n2)cc1. The highest BCUT2D eigenvalue weighted by Gasteiger charge is 2.28. The van der Waals surface area contributed by atoms with E-state index in [9.17, 15) is 0 Å². The molecule has 1 unspecified atom stereocenters. The molecule has 1 aromatic carbocycles. The molecule has 1 aliphatic heterocycles. The molecule has 34 heavy (non-hydrogen) atoms. The Hall–Kier alpha value is -3.51. The second-order valence-electron chi connectivity index (χ2n) is 8.90. The number of ether oxygens (including phenoxy) is 1. The third-order valence-corrected chi connectivity index (χ3v) is 7.09. The highest BCUT2D eigenvalue weighted by molar-refractivity contribution is 7.19. The normalized spacial score (nSPS) is 15.6. The molecule has 1 atom stereocenters. The summed E-state index contributed by atoms with van der Waals surface area (Å²) in [6.07, 6.45) is 2.04. The lowest BCUT2D eigenvalue weighted by Gasteiger charge is -2.33.